The fraction of sp³-hybridized carbons (Fsp3) is 0.227. The maximum absolute atomic E-state index is 2.50. The first-order chi connectivity index (χ1) is 11.9. The van der Waals surface area contributed by atoms with E-state index in [2.05, 4.69) is 93.3 Å². The standard InChI is InChI=1S/C22H24NSSi/c1-15-10-12-17(23(3)14-15)21-16(2)11-13-19-22(21)25(4,5)20-9-7-6-8-18(20)24-19/h6-14H,1-5H3/q+1. The van der Waals surface area contributed by atoms with Gasteiger partial charge < -0.3 is 0 Å². The summed E-state index contributed by atoms with van der Waals surface area (Å²) in [5, 5.41) is 3.16. The van der Waals surface area contributed by atoms with Crippen LogP contribution in [-0.4, -0.2) is 8.07 Å². The molecule has 0 fully saturated rings. The number of rotatable bonds is 1. The molecule has 4 rings (SSSR count). The van der Waals surface area contributed by atoms with Gasteiger partial charge in [-0.15, -0.1) is 0 Å². The third-order valence-corrected chi connectivity index (χ3v) is 10.4. The predicted octanol–water partition coefficient (Wildman–Crippen LogP) is 4.08. The molecule has 1 aliphatic rings. The molecule has 0 amide bonds. The molecule has 0 aliphatic carbocycles. The van der Waals surface area contributed by atoms with Crippen LogP contribution in [0.15, 0.2) is 64.5 Å². The van der Waals surface area contributed by atoms with E-state index in [1.54, 1.807) is 10.4 Å². The van der Waals surface area contributed by atoms with Crippen molar-refractivity contribution >= 4 is 30.2 Å². The zero-order valence-corrected chi connectivity index (χ0v) is 17.4. The molecule has 2 aromatic carbocycles. The molecule has 2 heterocycles. The summed E-state index contributed by atoms with van der Waals surface area (Å²) in [6, 6.07) is 18.1. The topological polar surface area (TPSA) is 3.88 Å². The van der Waals surface area contributed by atoms with Crippen LogP contribution in [0.4, 0.5) is 0 Å². The van der Waals surface area contributed by atoms with Crippen LogP contribution in [-0.2, 0) is 7.05 Å². The van der Waals surface area contributed by atoms with Gasteiger partial charge in [-0.05, 0) is 48.0 Å². The SMILES string of the molecule is Cc1ccc(-c2c(C)ccc3c2[Si](C)(C)c2ccccc2S3)[n+](C)c1. The van der Waals surface area contributed by atoms with Gasteiger partial charge in [0.1, 0.15) is 15.1 Å². The molecule has 1 aromatic heterocycles. The van der Waals surface area contributed by atoms with Crippen molar-refractivity contribution in [1.29, 1.82) is 0 Å². The first kappa shape index (κ1) is 16.6. The number of fused-ring (bicyclic) bond motifs is 2. The Morgan fingerprint density at radius 1 is 0.880 bits per heavy atom. The number of benzene rings is 2. The number of nitrogens with zero attached hydrogens (tertiary/aromatic N) is 1. The molecule has 3 aromatic rings. The van der Waals surface area contributed by atoms with Gasteiger partial charge in [0, 0.05) is 27.0 Å². The van der Waals surface area contributed by atoms with Crippen LogP contribution in [0.2, 0.25) is 13.1 Å². The molecular formula is C22H24NSSi+. The van der Waals surface area contributed by atoms with Crippen molar-refractivity contribution < 1.29 is 4.57 Å². The van der Waals surface area contributed by atoms with Crippen molar-refractivity contribution in [3.05, 3.63) is 65.9 Å². The summed E-state index contributed by atoms with van der Waals surface area (Å²) in [5.74, 6) is 0. The molecule has 1 nitrogen and oxygen atoms in total. The molecule has 0 unspecified atom stereocenters. The highest BCUT2D eigenvalue weighted by Crippen LogP contribution is 2.36. The van der Waals surface area contributed by atoms with Gasteiger partial charge in [0.25, 0.3) is 0 Å². The van der Waals surface area contributed by atoms with Gasteiger partial charge in [-0.2, -0.15) is 0 Å². The molecule has 0 bridgehead atoms. The lowest BCUT2D eigenvalue weighted by molar-refractivity contribution is -0.660. The van der Waals surface area contributed by atoms with E-state index < -0.39 is 8.07 Å². The van der Waals surface area contributed by atoms with Gasteiger partial charge in [0.05, 0.1) is 0 Å². The quantitative estimate of drug-likeness (QED) is 0.466. The van der Waals surface area contributed by atoms with Crippen molar-refractivity contribution in [2.75, 3.05) is 0 Å². The molecule has 1 aliphatic heterocycles. The Morgan fingerprint density at radius 2 is 1.64 bits per heavy atom. The molecule has 25 heavy (non-hydrogen) atoms. The Morgan fingerprint density at radius 3 is 2.40 bits per heavy atom. The Balaban J connectivity index is 2.04. The Bertz CT molecular complexity index is 991. The summed E-state index contributed by atoms with van der Waals surface area (Å²) in [6.07, 6.45) is 2.23. The highest BCUT2D eigenvalue weighted by Gasteiger charge is 2.39. The molecule has 0 atom stereocenters. The van der Waals surface area contributed by atoms with Crippen LogP contribution in [0.3, 0.4) is 0 Å². The van der Waals surface area contributed by atoms with Crippen LogP contribution in [0, 0.1) is 13.8 Å². The monoisotopic (exact) mass is 362 g/mol. The minimum absolute atomic E-state index is 1.30. The van der Waals surface area contributed by atoms with Gasteiger partial charge in [-0.1, -0.05) is 49.1 Å². The second kappa shape index (κ2) is 5.86. The number of aryl methyl sites for hydroxylation is 3. The zero-order valence-electron chi connectivity index (χ0n) is 15.6. The fourth-order valence-electron chi connectivity index (χ4n) is 4.05. The fourth-order valence-corrected chi connectivity index (χ4v) is 9.92. The molecule has 0 N–H and O–H groups in total. The van der Waals surface area contributed by atoms with Gasteiger partial charge in [0.2, 0.25) is 5.69 Å². The van der Waals surface area contributed by atoms with Gasteiger partial charge >= 0.3 is 0 Å². The average molecular weight is 363 g/mol. The van der Waals surface area contributed by atoms with E-state index >= 15 is 0 Å². The molecule has 0 radical (unpaired) electrons. The van der Waals surface area contributed by atoms with Gasteiger partial charge in [0.15, 0.2) is 6.20 Å². The van der Waals surface area contributed by atoms with E-state index in [1.165, 1.54) is 32.2 Å². The third kappa shape index (κ3) is 2.57. The maximum Gasteiger partial charge on any atom is 0.212 e. The Kier molecular flexibility index (Phi) is 3.89. The first-order valence-corrected chi connectivity index (χ1v) is 12.6. The lowest BCUT2D eigenvalue weighted by atomic mass is 10.0. The van der Waals surface area contributed by atoms with Crippen LogP contribution in [0.5, 0.6) is 0 Å². The van der Waals surface area contributed by atoms with Crippen LogP contribution in [0.25, 0.3) is 11.3 Å². The normalized spacial score (nSPS) is 14.8. The summed E-state index contributed by atoms with van der Waals surface area (Å²) >= 11 is 1.94. The number of aromatic nitrogens is 1. The predicted molar refractivity (Wildman–Crippen MR) is 110 cm³/mol. The summed E-state index contributed by atoms with van der Waals surface area (Å²) in [4.78, 5) is 2.88. The highest BCUT2D eigenvalue weighted by molar-refractivity contribution is 8.00. The summed E-state index contributed by atoms with van der Waals surface area (Å²) < 4.78 is 2.29. The van der Waals surface area contributed by atoms with Gasteiger partial charge in [-0.25, -0.2) is 4.57 Å². The number of hydrogen-bond acceptors (Lipinski definition) is 1. The van der Waals surface area contributed by atoms with Crippen molar-refractivity contribution in [1.82, 2.24) is 0 Å². The molecule has 126 valence electrons. The van der Waals surface area contributed by atoms with E-state index in [1.807, 2.05) is 11.8 Å². The Labute approximate surface area is 155 Å². The van der Waals surface area contributed by atoms with Crippen LogP contribution in [0.1, 0.15) is 11.1 Å². The van der Waals surface area contributed by atoms with Crippen molar-refractivity contribution in [3.63, 3.8) is 0 Å². The summed E-state index contributed by atoms with van der Waals surface area (Å²) in [7, 11) is 0.405. The molecular weight excluding hydrogens is 338 g/mol. The Hall–Kier alpha value is -1.84. The lowest BCUT2D eigenvalue weighted by Crippen LogP contribution is -2.57. The summed E-state index contributed by atoms with van der Waals surface area (Å²) in [5.41, 5.74) is 5.43. The second-order valence-corrected chi connectivity index (χ2v) is 12.9. The lowest BCUT2D eigenvalue weighted by Gasteiger charge is -2.34. The first-order valence-electron chi connectivity index (χ1n) is 8.77. The van der Waals surface area contributed by atoms with E-state index in [4.69, 9.17) is 0 Å². The smallest absolute Gasteiger partial charge is 0.201 e. The van der Waals surface area contributed by atoms with Crippen molar-refractivity contribution in [3.8, 4) is 11.3 Å². The van der Waals surface area contributed by atoms with Gasteiger partial charge in [-0.3, -0.25) is 0 Å². The van der Waals surface area contributed by atoms with Crippen LogP contribution >= 0.6 is 11.8 Å². The number of hydrogen-bond donors (Lipinski definition) is 0. The van der Waals surface area contributed by atoms with E-state index in [0.29, 0.717) is 0 Å². The minimum atomic E-state index is -1.76. The summed E-state index contributed by atoms with van der Waals surface area (Å²) in [6.45, 7) is 9.41. The average Bonchev–Trinajstić information content (AvgIpc) is 2.56. The molecule has 3 heteroatoms. The van der Waals surface area contributed by atoms with E-state index in [9.17, 15) is 0 Å². The zero-order chi connectivity index (χ0) is 17.8. The maximum atomic E-state index is 2.50. The van der Waals surface area contributed by atoms with E-state index in [-0.39, 0.29) is 0 Å². The van der Waals surface area contributed by atoms with Crippen LogP contribution < -0.4 is 14.9 Å². The third-order valence-electron chi connectivity index (χ3n) is 5.32. The molecule has 0 spiro atoms. The highest BCUT2D eigenvalue weighted by atomic mass is 32.2. The minimum Gasteiger partial charge on any atom is -0.201 e. The molecule has 0 saturated carbocycles. The van der Waals surface area contributed by atoms with E-state index in [0.717, 1.165) is 0 Å². The number of pyridine rings is 1. The van der Waals surface area contributed by atoms with Crippen molar-refractivity contribution in [2.45, 2.75) is 36.7 Å². The molecule has 0 saturated heterocycles. The largest absolute Gasteiger partial charge is 0.212 e. The second-order valence-electron chi connectivity index (χ2n) is 7.56. The van der Waals surface area contributed by atoms with Crippen molar-refractivity contribution in [2.24, 2.45) is 7.05 Å².